The van der Waals surface area contributed by atoms with Crippen LogP contribution in [0.3, 0.4) is 0 Å². The topological polar surface area (TPSA) is 66.4 Å². The van der Waals surface area contributed by atoms with Gasteiger partial charge in [-0.05, 0) is 47.7 Å². The summed E-state index contributed by atoms with van der Waals surface area (Å²) in [5, 5.41) is 13.0. The van der Waals surface area contributed by atoms with E-state index in [-0.39, 0.29) is 16.6 Å². The van der Waals surface area contributed by atoms with Crippen LogP contribution in [-0.2, 0) is 9.84 Å². The molecule has 0 radical (unpaired) electrons. The van der Waals surface area contributed by atoms with Crippen molar-refractivity contribution in [2.24, 2.45) is 0 Å². The van der Waals surface area contributed by atoms with Crippen LogP contribution < -0.4 is 5.32 Å². The number of allylic oxidation sites excluding steroid dienone is 3. The number of nitrogens with one attached hydrogen (secondary N) is 1. The van der Waals surface area contributed by atoms with Gasteiger partial charge in [-0.15, -0.1) is 11.8 Å². The van der Waals surface area contributed by atoms with E-state index in [1.54, 1.807) is 30.0 Å². The van der Waals surface area contributed by atoms with E-state index in [4.69, 9.17) is 0 Å². The van der Waals surface area contributed by atoms with Crippen LogP contribution in [0.2, 0.25) is 0 Å². The molecule has 1 heterocycles. The highest BCUT2D eigenvalue weighted by Crippen LogP contribution is 2.35. The quantitative estimate of drug-likeness (QED) is 0.839. The molecule has 1 fully saturated rings. The zero-order valence-corrected chi connectivity index (χ0v) is 15.4. The summed E-state index contributed by atoms with van der Waals surface area (Å²) < 4.78 is 25.8. The van der Waals surface area contributed by atoms with Crippen molar-refractivity contribution in [3.05, 3.63) is 46.9 Å². The van der Waals surface area contributed by atoms with Crippen molar-refractivity contribution in [2.45, 2.75) is 35.8 Å². The lowest BCUT2D eigenvalue weighted by Gasteiger charge is -2.19. The number of benzene rings is 1. The first kappa shape index (κ1) is 17.6. The van der Waals surface area contributed by atoms with Crippen LogP contribution in [-0.4, -0.2) is 37.6 Å². The zero-order chi connectivity index (χ0) is 17.2. The van der Waals surface area contributed by atoms with Crippen molar-refractivity contribution in [1.29, 1.82) is 0 Å². The molecule has 2 N–H and O–H groups in total. The van der Waals surface area contributed by atoms with E-state index in [0.29, 0.717) is 6.42 Å². The summed E-state index contributed by atoms with van der Waals surface area (Å²) in [6, 6.07) is 4.83. The van der Waals surface area contributed by atoms with E-state index in [9.17, 15) is 13.5 Å². The van der Waals surface area contributed by atoms with E-state index < -0.39 is 15.1 Å². The zero-order valence-electron chi connectivity index (χ0n) is 13.7. The molecule has 3 rings (SSSR count). The Morgan fingerprint density at radius 2 is 2.21 bits per heavy atom. The fourth-order valence-electron chi connectivity index (χ4n) is 3.27. The number of thioether (sulfide) groups is 1. The van der Waals surface area contributed by atoms with Gasteiger partial charge < -0.3 is 10.4 Å². The third kappa shape index (κ3) is 3.55. The Kier molecular flexibility index (Phi) is 5.37. The molecule has 6 heteroatoms. The van der Waals surface area contributed by atoms with Crippen molar-refractivity contribution in [3.8, 4) is 5.75 Å². The molecule has 1 aromatic carbocycles. The van der Waals surface area contributed by atoms with E-state index >= 15 is 0 Å². The average molecular weight is 366 g/mol. The Bertz CT molecular complexity index is 762. The molecule has 24 heavy (non-hydrogen) atoms. The summed E-state index contributed by atoms with van der Waals surface area (Å²) in [7, 11) is -3.49. The Morgan fingerprint density at radius 1 is 1.38 bits per heavy atom. The van der Waals surface area contributed by atoms with Crippen LogP contribution in [0, 0.1) is 0 Å². The number of hydrogen-bond donors (Lipinski definition) is 2. The molecule has 0 saturated carbocycles. The fraction of sp³-hybridized carbons (Fsp3) is 0.444. The molecule has 2 unspecified atom stereocenters. The number of aromatic hydroxyl groups is 1. The van der Waals surface area contributed by atoms with Crippen molar-refractivity contribution < 1.29 is 13.5 Å². The minimum absolute atomic E-state index is 0.0864. The van der Waals surface area contributed by atoms with E-state index in [0.717, 1.165) is 35.7 Å². The van der Waals surface area contributed by atoms with Gasteiger partial charge in [0.2, 0.25) is 0 Å². The van der Waals surface area contributed by atoms with Crippen LogP contribution in [0.15, 0.2) is 46.2 Å². The normalized spacial score (nSPS) is 24.1. The second-order valence-electron chi connectivity index (χ2n) is 6.15. The predicted molar refractivity (Wildman–Crippen MR) is 99.3 cm³/mol. The first-order valence-corrected chi connectivity index (χ1v) is 10.8. The molecule has 1 aliphatic carbocycles. The third-order valence-electron chi connectivity index (χ3n) is 4.57. The van der Waals surface area contributed by atoms with Gasteiger partial charge in [0.25, 0.3) is 0 Å². The molecule has 2 aliphatic rings. The summed E-state index contributed by atoms with van der Waals surface area (Å²) in [5.74, 6) is 1.27. The summed E-state index contributed by atoms with van der Waals surface area (Å²) in [5.41, 5.74) is 0.834. The molecule has 2 atom stereocenters. The molecule has 4 nitrogen and oxygen atoms in total. The number of phenols is 1. The van der Waals surface area contributed by atoms with Gasteiger partial charge in [-0.3, -0.25) is 0 Å². The van der Waals surface area contributed by atoms with Crippen molar-refractivity contribution in [2.75, 3.05) is 18.8 Å². The standard InChI is InChI=1S/C18H23NO3S2/c1-2-23-14-4-3-5-15(10-14)24(21,22)16-6-7-17(18(20)11-16)13-8-9-19-12-13/h3-7,11,13,15,19-20H,2,8-10,12H2,1H3. The highest BCUT2D eigenvalue weighted by molar-refractivity contribution is 8.03. The predicted octanol–water partition coefficient (Wildman–Crippen LogP) is 3.21. The first-order valence-electron chi connectivity index (χ1n) is 8.30. The van der Waals surface area contributed by atoms with E-state index in [2.05, 4.69) is 12.2 Å². The van der Waals surface area contributed by atoms with Gasteiger partial charge in [0.1, 0.15) is 5.75 Å². The van der Waals surface area contributed by atoms with Crippen LogP contribution in [0.25, 0.3) is 0 Å². The van der Waals surface area contributed by atoms with Gasteiger partial charge in [0.15, 0.2) is 9.84 Å². The molecular weight excluding hydrogens is 342 g/mol. The number of phenolic OH excluding ortho intramolecular Hbond substituents is 1. The Balaban J connectivity index is 1.84. The molecule has 0 aromatic heterocycles. The van der Waals surface area contributed by atoms with Gasteiger partial charge in [-0.2, -0.15) is 0 Å². The molecule has 0 spiro atoms. The number of hydrogen-bond acceptors (Lipinski definition) is 5. The Labute approximate surface area is 148 Å². The van der Waals surface area contributed by atoms with Gasteiger partial charge in [0.05, 0.1) is 10.1 Å². The second-order valence-corrected chi connectivity index (χ2v) is 9.71. The maximum atomic E-state index is 12.9. The SMILES string of the molecule is CCSC1=CC=CC(S(=O)(=O)c2ccc(C3CCNC3)c(O)c2)C1. The monoisotopic (exact) mass is 365 g/mol. The van der Waals surface area contributed by atoms with Crippen molar-refractivity contribution >= 4 is 21.6 Å². The van der Waals surface area contributed by atoms with Crippen LogP contribution in [0.1, 0.15) is 31.2 Å². The van der Waals surface area contributed by atoms with Gasteiger partial charge >= 0.3 is 0 Å². The van der Waals surface area contributed by atoms with Crippen molar-refractivity contribution in [3.63, 3.8) is 0 Å². The molecule has 0 amide bonds. The van der Waals surface area contributed by atoms with Gasteiger partial charge in [0, 0.05) is 12.5 Å². The largest absolute Gasteiger partial charge is 0.508 e. The smallest absolute Gasteiger partial charge is 0.185 e. The summed E-state index contributed by atoms with van der Waals surface area (Å²) in [6.07, 6.45) is 7.01. The van der Waals surface area contributed by atoms with Crippen LogP contribution >= 0.6 is 11.8 Å². The Hall–Kier alpha value is -1.24. The van der Waals surface area contributed by atoms with Gasteiger partial charge in [-0.1, -0.05) is 31.2 Å². The first-order chi connectivity index (χ1) is 11.5. The second kappa shape index (κ2) is 7.33. The maximum Gasteiger partial charge on any atom is 0.185 e. The van der Waals surface area contributed by atoms with Crippen LogP contribution in [0.5, 0.6) is 5.75 Å². The maximum absolute atomic E-state index is 12.9. The Morgan fingerprint density at radius 3 is 2.88 bits per heavy atom. The average Bonchev–Trinajstić information content (AvgIpc) is 3.09. The molecule has 130 valence electrons. The van der Waals surface area contributed by atoms with E-state index in [1.807, 2.05) is 12.2 Å². The highest BCUT2D eigenvalue weighted by Gasteiger charge is 2.29. The minimum atomic E-state index is -3.49. The molecule has 1 saturated heterocycles. The molecular formula is C18H23NO3S2. The fourth-order valence-corrected chi connectivity index (χ4v) is 5.80. The lowest BCUT2D eigenvalue weighted by Crippen LogP contribution is -2.21. The molecule has 1 aliphatic heterocycles. The number of rotatable bonds is 5. The molecule has 0 bridgehead atoms. The summed E-state index contributed by atoms with van der Waals surface area (Å²) in [4.78, 5) is 1.29. The molecule has 1 aromatic rings. The number of sulfone groups is 1. The summed E-state index contributed by atoms with van der Waals surface area (Å²) >= 11 is 1.68. The third-order valence-corrected chi connectivity index (χ3v) is 7.56. The highest BCUT2D eigenvalue weighted by atomic mass is 32.2. The summed E-state index contributed by atoms with van der Waals surface area (Å²) in [6.45, 7) is 3.82. The lowest BCUT2D eigenvalue weighted by atomic mass is 9.98. The van der Waals surface area contributed by atoms with E-state index in [1.165, 1.54) is 6.07 Å². The minimum Gasteiger partial charge on any atom is -0.508 e. The van der Waals surface area contributed by atoms with Crippen molar-refractivity contribution in [1.82, 2.24) is 5.32 Å². The lowest BCUT2D eigenvalue weighted by molar-refractivity contribution is 0.460. The van der Waals surface area contributed by atoms with Gasteiger partial charge in [-0.25, -0.2) is 8.42 Å². The van der Waals surface area contributed by atoms with Crippen LogP contribution in [0.4, 0.5) is 0 Å².